The lowest BCUT2D eigenvalue weighted by atomic mass is 10.3. The van der Waals surface area contributed by atoms with E-state index in [0.29, 0.717) is 0 Å². The number of rotatable bonds is 3. The zero-order valence-electron chi connectivity index (χ0n) is 8.77. The molecular formula is C12H11BrN2S. The van der Waals surface area contributed by atoms with Gasteiger partial charge in [-0.1, -0.05) is 0 Å². The first-order chi connectivity index (χ1) is 7.79. The lowest BCUT2D eigenvalue weighted by Gasteiger charge is -2.08. The molecule has 0 fully saturated rings. The Morgan fingerprint density at radius 3 is 2.56 bits per heavy atom. The van der Waals surface area contributed by atoms with Crippen molar-refractivity contribution in [2.24, 2.45) is 0 Å². The van der Waals surface area contributed by atoms with Crippen LogP contribution in [0.1, 0.15) is 0 Å². The summed E-state index contributed by atoms with van der Waals surface area (Å²) in [5.74, 6) is 0. The summed E-state index contributed by atoms with van der Waals surface area (Å²) < 4.78 is 0.962. The molecule has 0 radical (unpaired) electrons. The first-order valence-corrected chi connectivity index (χ1v) is 6.82. The van der Waals surface area contributed by atoms with E-state index in [-0.39, 0.29) is 0 Å². The van der Waals surface area contributed by atoms with Gasteiger partial charge in [-0.2, -0.15) is 0 Å². The number of anilines is 2. The molecule has 0 aliphatic rings. The Bertz CT molecular complexity index is 471. The van der Waals surface area contributed by atoms with Crippen LogP contribution in [0.3, 0.4) is 0 Å². The summed E-state index contributed by atoms with van der Waals surface area (Å²) in [6.45, 7) is 0. The van der Waals surface area contributed by atoms with Crippen LogP contribution in [0.25, 0.3) is 0 Å². The summed E-state index contributed by atoms with van der Waals surface area (Å²) >= 11 is 5.19. The van der Waals surface area contributed by atoms with Crippen molar-refractivity contribution in [3.63, 3.8) is 0 Å². The fraction of sp³-hybridized carbons (Fsp3) is 0.0833. The highest BCUT2D eigenvalue weighted by Gasteiger charge is 1.99. The molecule has 0 aliphatic carbocycles. The average Bonchev–Trinajstić information content (AvgIpc) is 2.33. The lowest BCUT2D eigenvalue weighted by molar-refractivity contribution is 1.30. The van der Waals surface area contributed by atoms with Crippen LogP contribution >= 0.6 is 27.7 Å². The van der Waals surface area contributed by atoms with Crippen LogP contribution in [-0.4, -0.2) is 11.2 Å². The third-order valence-corrected chi connectivity index (χ3v) is 3.52. The van der Waals surface area contributed by atoms with Crippen LogP contribution in [0.15, 0.2) is 52.1 Å². The number of nitrogens with one attached hydrogen (secondary N) is 1. The smallest absolute Gasteiger partial charge is 0.0593 e. The minimum Gasteiger partial charge on any atom is -0.355 e. The second-order valence-electron chi connectivity index (χ2n) is 3.21. The number of thioether (sulfide) groups is 1. The molecule has 2 aromatic rings. The Kier molecular flexibility index (Phi) is 3.85. The SMILES string of the molecule is CSc1ccc(Nc2ccncc2Br)cc1. The van der Waals surface area contributed by atoms with E-state index in [1.165, 1.54) is 4.90 Å². The van der Waals surface area contributed by atoms with Gasteiger partial charge in [0.1, 0.15) is 0 Å². The zero-order valence-corrected chi connectivity index (χ0v) is 11.2. The number of aromatic nitrogens is 1. The van der Waals surface area contributed by atoms with Gasteiger partial charge in [0.15, 0.2) is 0 Å². The van der Waals surface area contributed by atoms with E-state index in [2.05, 4.69) is 56.8 Å². The Morgan fingerprint density at radius 1 is 1.19 bits per heavy atom. The molecule has 1 heterocycles. The third-order valence-electron chi connectivity index (χ3n) is 2.14. The number of halogens is 1. The molecule has 82 valence electrons. The van der Waals surface area contributed by atoms with Gasteiger partial charge < -0.3 is 5.32 Å². The maximum atomic E-state index is 4.02. The molecule has 0 bridgehead atoms. The molecule has 0 spiro atoms. The van der Waals surface area contributed by atoms with Crippen LogP contribution in [0, 0.1) is 0 Å². The highest BCUT2D eigenvalue weighted by Crippen LogP contribution is 2.25. The quantitative estimate of drug-likeness (QED) is 0.854. The number of hydrogen-bond donors (Lipinski definition) is 1. The van der Waals surface area contributed by atoms with Crippen LogP contribution in [0.2, 0.25) is 0 Å². The minimum absolute atomic E-state index is 0.962. The van der Waals surface area contributed by atoms with E-state index in [1.807, 2.05) is 6.07 Å². The Balaban J connectivity index is 2.18. The first-order valence-electron chi connectivity index (χ1n) is 4.80. The Morgan fingerprint density at radius 2 is 1.94 bits per heavy atom. The van der Waals surface area contributed by atoms with Crippen LogP contribution < -0.4 is 5.32 Å². The summed E-state index contributed by atoms with van der Waals surface area (Å²) in [4.78, 5) is 5.29. The molecule has 1 N–H and O–H groups in total. The number of pyridine rings is 1. The van der Waals surface area contributed by atoms with E-state index >= 15 is 0 Å². The predicted octanol–water partition coefficient (Wildman–Crippen LogP) is 4.31. The van der Waals surface area contributed by atoms with Gasteiger partial charge in [0.2, 0.25) is 0 Å². The third kappa shape index (κ3) is 2.77. The van der Waals surface area contributed by atoms with Crippen molar-refractivity contribution in [3.05, 3.63) is 47.2 Å². The van der Waals surface area contributed by atoms with Crippen molar-refractivity contribution >= 4 is 39.1 Å². The average molecular weight is 295 g/mol. The van der Waals surface area contributed by atoms with E-state index in [4.69, 9.17) is 0 Å². The molecule has 16 heavy (non-hydrogen) atoms. The van der Waals surface area contributed by atoms with E-state index < -0.39 is 0 Å². The maximum absolute atomic E-state index is 4.02. The standard InChI is InChI=1S/C12H11BrN2S/c1-16-10-4-2-9(3-5-10)15-12-6-7-14-8-11(12)13/h2-8H,1H3,(H,14,15). The van der Waals surface area contributed by atoms with E-state index in [9.17, 15) is 0 Å². The fourth-order valence-electron chi connectivity index (χ4n) is 1.31. The monoisotopic (exact) mass is 294 g/mol. The van der Waals surface area contributed by atoms with Crippen molar-refractivity contribution in [3.8, 4) is 0 Å². The molecule has 0 amide bonds. The summed E-state index contributed by atoms with van der Waals surface area (Å²) in [5, 5.41) is 3.33. The van der Waals surface area contributed by atoms with Gasteiger partial charge in [0.25, 0.3) is 0 Å². The molecule has 1 aromatic carbocycles. The van der Waals surface area contributed by atoms with Gasteiger partial charge in [-0.15, -0.1) is 11.8 Å². The Hall–Kier alpha value is -1.000. The van der Waals surface area contributed by atoms with Gasteiger partial charge in [0.05, 0.1) is 10.2 Å². The summed E-state index contributed by atoms with van der Waals surface area (Å²) in [7, 11) is 0. The number of benzene rings is 1. The highest BCUT2D eigenvalue weighted by molar-refractivity contribution is 9.10. The van der Waals surface area contributed by atoms with Gasteiger partial charge in [-0.05, 0) is 52.5 Å². The number of nitrogens with zero attached hydrogens (tertiary/aromatic N) is 1. The first kappa shape index (κ1) is 11.5. The van der Waals surface area contributed by atoms with Gasteiger partial charge in [0, 0.05) is 23.0 Å². The highest BCUT2D eigenvalue weighted by atomic mass is 79.9. The molecule has 0 saturated heterocycles. The molecule has 0 saturated carbocycles. The van der Waals surface area contributed by atoms with Crippen LogP contribution in [0.4, 0.5) is 11.4 Å². The molecule has 2 nitrogen and oxygen atoms in total. The molecule has 0 unspecified atom stereocenters. The van der Waals surface area contributed by atoms with Crippen molar-refractivity contribution in [2.75, 3.05) is 11.6 Å². The van der Waals surface area contributed by atoms with Crippen molar-refractivity contribution < 1.29 is 0 Å². The van der Waals surface area contributed by atoms with Gasteiger partial charge >= 0.3 is 0 Å². The molecule has 4 heteroatoms. The number of hydrogen-bond acceptors (Lipinski definition) is 3. The molecule has 2 rings (SSSR count). The van der Waals surface area contributed by atoms with Crippen molar-refractivity contribution in [1.82, 2.24) is 4.98 Å². The molecule has 0 aliphatic heterocycles. The molecular weight excluding hydrogens is 284 g/mol. The zero-order chi connectivity index (χ0) is 11.4. The lowest BCUT2D eigenvalue weighted by Crippen LogP contribution is -1.91. The maximum Gasteiger partial charge on any atom is 0.0593 e. The van der Waals surface area contributed by atoms with Crippen molar-refractivity contribution in [1.29, 1.82) is 0 Å². The topological polar surface area (TPSA) is 24.9 Å². The minimum atomic E-state index is 0.962. The second kappa shape index (κ2) is 5.37. The largest absolute Gasteiger partial charge is 0.355 e. The summed E-state index contributed by atoms with van der Waals surface area (Å²) in [5.41, 5.74) is 2.09. The fourth-order valence-corrected chi connectivity index (χ4v) is 2.06. The van der Waals surface area contributed by atoms with Crippen LogP contribution in [-0.2, 0) is 0 Å². The van der Waals surface area contributed by atoms with Gasteiger partial charge in [-0.25, -0.2) is 0 Å². The normalized spacial score (nSPS) is 10.1. The second-order valence-corrected chi connectivity index (χ2v) is 4.94. The van der Waals surface area contributed by atoms with E-state index in [0.717, 1.165) is 15.8 Å². The van der Waals surface area contributed by atoms with Gasteiger partial charge in [-0.3, -0.25) is 4.98 Å². The predicted molar refractivity (Wildman–Crippen MR) is 73.4 cm³/mol. The summed E-state index contributed by atoms with van der Waals surface area (Å²) in [6, 6.07) is 10.3. The van der Waals surface area contributed by atoms with E-state index in [1.54, 1.807) is 24.2 Å². The molecule has 0 atom stereocenters. The Labute approximate surface area is 108 Å². The molecule has 1 aromatic heterocycles. The van der Waals surface area contributed by atoms with Crippen molar-refractivity contribution in [2.45, 2.75) is 4.90 Å². The summed E-state index contributed by atoms with van der Waals surface area (Å²) in [6.07, 6.45) is 5.61. The van der Waals surface area contributed by atoms with Crippen LogP contribution in [0.5, 0.6) is 0 Å².